The number of carboxylic acids is 1. The molecule has 1 aliphatic rings. The molecule has 0 spiro atoms. The minimum atomic E-state index is -4.16. The van der Waals surface area contributed by atoms with Gasteiger partial charge in [0.2, 0.25) is 5.91 Å². The Morgan fingerprint density at radius 1 is 1.10 bits per heavy atom. The zero-order chi connectivity index (χ0) is 28.4. The maximum atomic E-state index is 12.9. The Hall–Kier alpha value is -3.27. The zero-order valence-corrected chi connectivity index (χ0v) is 23.6. The monoisotopic (exact) mass is 557 g/mol. The SMILES string of the molecule is CCCCC(C)Cc1cc(C(=O)NS(=O)(=O)c2ccc(CCNC(=O)C3CCCCC3)cc2)cnc1C(=O)O. The Labute approximate surface area is 230 Å². The fourth-order valence-corrected chi connectivity index (χ4v) is 5.90. The van der Waals surface area contributed by atoms with Crippen LogP contribution in [0.2, 0.25) is 0 Å². The molecule has 1 aromatic carbocycles. The van der Waals surface area contributed by atoms with E-state index in [2.05, 4.69) is 21.9 Å². The van der Waals surface area contributed by atoms with Gasteiger partial charge in [-0.3, -0.25) is 9.59 Å². The number of nitrogens with zero attached hydrogens (tertiary/aromatic N) is 1. The number of aromatic carboxylic acids is 1. The van der Waals surface area contributed by atoms with E-state index in [1.54, 1.807) is 12.1 Å². The number of unbranched alkanes of at least 4 members (excludes halogenated alkanes) is 1. The van der Waals surface area contributed by atoms with Crippen molar-refractivity contribution < 1.29 is 27.9 Å². The highest BCUT2D eigenvalue weighted by molar-refractivity contribution is 7.90. The number of carboxylic acid groups (broad SMARTS) is 1. The predicted molar refractivity (Wildman–Crippen MR) is 148 cm³/mol. The smallest absolute Gasteiger partial charge is 0.354 e. The van der Waals surface area contributed by atoms with Gasteiger partial charge < -0.3 is 10.4 Å². The lowest BCUT2D eigenvalue weighted by Gasteiger charge is -2.20. The molecule has 1 fully saturated rings. The quantitative estimate of drug-likeness (QED) is 0.329. The number of carbonyl (C=O) groups is 3. The van der Waals surface area contributed by atoms with Crippen LogP contribution in [0.4, 0.5) is 0 Å². The summed E-state index contributed by atoms with van der Waals surface area (Å²) in [5.74, 6) is -1.71. The van der Waals surface area contributed by atoms with E-state index in [1.165, 1.54) is 24.6 Å². The number of aromatic nitrogens is 1. The van der Waals surface area contributed by atoms with Gasteiger partial charge in [0.05, 0.1) is 10.5 Å². The highest BCUT2D eigenvalue weighted by atomic mass is 32.2. The van der Waals surface area contributed by atoms with Crippen LogP contribution in [-0.2, 0) is 27.7 Å². The molecule has 3 N–H and O–H groups in total. The van der Waals surface area contributed by atoms with Crippen molar-refractivity contribution in [1.82, 2.24) is 15.0 Å². The van der Waals surface area contributed by atoms with E-state index < -0.39 is 21.9 Å². The summed E-state index contributed by atoms with van der Waals surface area (Å²) in [6, 6.07) is 7.56. The van der Waals surface area contributed by atoms with E-state index in [1.807, 2.05) is 6.92 Å². The lowest BCUT2D eigenvalue weighted by atomic mass is 9.88. The molecule has 0 bridgehead atoms. The third-order valence-electron chi connectivity index (χ3n) is 7.20. The summed E-state index contributed by atoms with van der Waals surface area (Å²) >= 11 is 0. The molecule has 1 heterocycles. The number of nitrogens with one attached hydrogen (secondary N) is 2. The molecule has 1 aliphatic carbocycles. The van der Waals surface area contributed by atoms with Crippen LogP contribution < -0.4 is 10.0 Å². The Kier molecular flexibility index (Phi) is 11.0. The van der Waals surface area contributed by atoms with Crippen LogP contribution in [0.25, 0.3) is 0 Å². The lowest BCUT2D eigenvalue weighted by Crippen LogP contribution is -2.33. The summed E-state index contributed by atoms with van der Waals surface area (Å²) in [6.07, 6.45) is 10.2. The third kappa shape index (κ3) is 8.88. The molecular formula is C29H39N3O6S. The van der Waals surface area contributed by atoms with Crippen LogP contribution >= 0.6 is 0 Å². The van der Waals surface area contributed by atoms with Crippen LogP contribution in [0.3, 0.4) is 0 Å². The van der Waals surface area contributed by atoms with E-state index in [0.717, 1.165) is 56.7 Å². The molecule has 9 nitrogen and oxygen atoms in total. The van der Waals surface area contributed by atoms with E-state index in [0.29, 0.717) is 24.9 Å². The van der Waals surface area contributed by atoms with Crippen molar-refractivity contribution in [3.05, 3.63) is 58.9 Å². The summed E-state index contributed by atoms with van der Waals surface area (Å²) in [7, 11) is -4.16. The minimum absolute atomic E-state index is 0.0217. The molecule has 212 valence electrons. The van der Waals surface area contributed by atoms with Crippen LogP contribution in [0.5, 0.6) is 0 Å². The lowest BCUT2D eigenvalue weighted by molar-refractivity contribution is -0.125. The second kappa shape index (κ2) is 14.2. The van der Waals surface area contributed by atoms with Gasteiger partial charge in [-0.05, 0) is 60.9 Å². The van der Waals surface area contributed by atoms with E-state index in [4.69, 9.17) is 0 Å². The van der Waals surface area contributed by atoms with Gasteiger partial charge in [-0.2, -0.15) is 0 Å². The molecule has 10 heteroatoms. The van der Waals surface area contributed by atoms with Crippen molar-refractivity contribution in [2.24, 2.45) is 11.8 Å². The second-order valence-electron chi connectivity index (χ2n) is 10.4. The van der Waals surface area contributed by atoms with Gasteiger partial charge in [0.25, 0.3) is 15.9 Å². The van der Waals surface area contributed by atoms with Gasteiger partial charge in [0.1, 0.15) is 0 Å². The minimum Gasteiger partial charge on any atom is -0.477 e. The maximum Gasteiger partial charge on any atom is 0.354 e. The van der Waals surface area contributed by atoms with E-state index in [9.17, 15) is 27.9 Å². The first kappa shape index (κ1) is 30.3. The van der Waals surface area contributed by atoms with Gasteiger partial charge in [-0.1, -0.05) is 64.5 Å². The number of carbonyl (C=O) groups excluding carboxylic acids is 2. The first-order valence-electron chi connectivity index (χ1n) is 13.8. The number of rotatable bonds is 13. The number of benzene rings is 1. The first-order valence-corrected chi connectivity index (χ1v) is 15.2. The normalized spacial score (nSPS) is 14.9. The highest BCUT2D eigenvalue weighted by Crippen LogP contribution is 2.23. The molecule has 2 aromatic rings. The van der Waals surface area contributed by atoms with Crippen molar-refractivity contribution in [3.63, 3.8) is 0 Å². The van der Waals surface area contributed by atoms with E-state index in [-0.39, 0.29) is 33.9 Å². The molecule has 1 aromatic heterocycles. The van der Waals surface area contributed by atoms with Gasteiger partial charge in [-0.25, -0.2) is 22.9 Å². The van der Waals surface area contributed by atoms with Gasteiger partial charge in [-0.15, -0.1) is 0 Å². The molecule has 3 rings (SSSR count). The Morgan fingerprint density at radius 3 is 2.44 bits per heavy atom. The summed E-state index contributed by atoms with van der Waals surface area (Å²) in [5, 5.41) is 12.5. The van der Waals surface area contributed by atoms with E-state index >= 15 is 0 Å². The molecule has 1 saturated carbocycles. The summed E-state index contributed by atoms with van der Waals surface area (Å²) in [6.45, 7) is 4.55. The third-order valence-corrected chi connectivity index (χ3v) is 8.55. The summed E-state index contributed by atoms with van der Waals surface area (Å²) in [4.78, 5) is 40.6. The molecular weight excluding hydrogens is 518 g/mol. The van der Waals surface area contributed by atoms with Crippen molar-refractivity contribution in [2.75, 3.05) is 6.54 Å². The second-order valence-corrected chi connectivity index (χ2v) is 12.1. The Morgan fingerprint density at radius 2 is 1.79 bits per heavy atom. The number of hydrogen-bond acceptors (Lipinski definition) is 6. The fourth-order valence-electron chi connectivity index (χ4n) is 4.93. The van der Waals surface area contributed by atoms with Crippen molar-refractivity contribution >= 4 is 27.8 Å². The van der Waals surface area contributed by atoms with Crippen molar-refractivity contribution in [3.8, 4) is 0 Å². The standard InChI is InChI=1S/C29H39N3O6S/c1-3-4-8-20(2)17-23-18-24(19-31-26(23)29(35)36)28(34)32-39(37,38)25-13-11-21(12-14-25)15-16-30-27(33)22-9-6-5-7-10-22/h11-14,18-20,22H,3-10,15-17H2,1-2H3,(H,30,33)(H,32,34)(H,35,36). The highest BCUT2D eigenvalue weighted by Gasteiger charge is 2.23. The number of hydrogen-bond donors (Lipinski definition) is 3. The van der Waals surface area contributed by atoms with Crippen LogP contribution in [0, 0.1) is 11.8 Å². The zero-order valence-electron chi connectivity index (χ0n) is 22.7. The average molecular weight is 558 g/mol. The van der Waals surface area contributed by atoms with Crippen LogP contribution in [0.1, 0.15) is 97.2 Å². The molecule has 1 unspecified atom stereocenters. The Bertz CT molecular complexity index is 1250. The average Bonchev–Trinajstić information content (AvgIpc) is 2.92. The van der Waals surface area contributed by atoms with Gasteiger partial charge in [0, 0.05) is 18.7 Å². The van der Waals surface area contributed by atoms with Crippen molar-refractivity contribution in [1.29, 1.82) is 0 Å². The van der Waals surface area contributed by atoms with Gasteiger partial charge >= 0.3 is 5.97 Å². The van der Waals surface area contributed by atoms with Crippen LogP contribution in [-0.4, -0.2) is 42.8 Å². The fraction of sp³-hybridized carbons (Fsp3) is 0.517. The maximum absolute atomic E-state index is 12.9. The largest absolute Gasteiger partial charge is 0.477 e. The molecule has 0 saturated heterocycles. The molecule has 2 amide bonds. The number of pyridine rings is 1. The topological polar surface area (TPSA) is 143 Å². The van der Waals surface area contributed by atoms with Crippen molar-refractivity contribution in [2.45, 2.75) is 83.0 Å². The first-order chi connectivity index (χ1) is 18.6. The molecule has 0 aliphatic heterocycles. The molecule has 1 atom stereocenters. The Balaban J connectivity index is 1.61. The number of sulfonamides is 1. The van der Waals surface area contributed by atoms with Gasteiger partial charge in [0.15, 0.2) is 5.69 Å². The summed E-state index contributed by atoms with van der Waals surface area (Å²) < 4.78 is 27.8. The van der Waals surface area contributed by atoms with Crippen LogP contribution in [0.15, 0.2) is 41.4 Å². The molecule has 39 heavy (non-hydrogen) atoms. The number of amides is 2. The predicted octanol–water partition coefficient (Wildman–Crippen LogP) is 4.51. The molecule has 0 radical (unpaired) electrons. The summed E-state index contributed by atoms with van der Waals surface area (Å²) in [5.41, 5.74) is 1.10.